The quantitative estimate of drug-likeness (QED) is 0.510. The number of amides is 2. The zero-order valence-electron chi connectivity index (χ0n) is 20.3. The highest BCUT2D eigenvalue weighted by atomic mass is 16.5. The van der Waals surface area contributed by atoms with Gasteiger partial charge in [0.05, 0.1) is 5.92 Å². The summed E-state index contributed by atoms with van der Waals surface area (Å²) in [6, 6.07) is 15.0. The van der Waals surface area contributed by atoms with E-state index in [1.165, 1.54) is 0 Å². The van der Waals surface area contributed by atoms with Crippen LogP contribution in [0.4, 0.5) is 4.79 Å². The second-order valence-electron chi connectivity index (χ2n) is 10.00. The lowest BCUT2D eigenvalue weighted by atomic mass is 9.84. The number of alkyl carbamates (subject to hydrolysis) is 1. The number of nitrogens with one attached hydrogen (secondary N) is 2. The van der Waals surface area contributed by atoms with Gasteiger partial charge in [-0.15, -0.1) is 0 Å². The minimum atomic E-state index is -0.889. The predicted octanol–water partition coefficient (Wildman–Crippen LogP) is 4.70. The van der Waals surface area contributed by atoms with Gasteiger partial charge in [0.2, 0.25) is 5.91 Å². The first-order valence-corrected chi connectivity index (χ1v) is 12.5. The third-order valence-electron chi connectivity index (χ3n) is 7.07. The van der Waals surface area contributed by atoms with Crippen molar-refractivity contribution in [1.82, 2.24) is 10.6 Å². The lowest BCUT2D eigenvalue weighted by Crippen LogP contribution is -2.53. The number of fused-ring (bicyclic) bond motifs is 3. The monoisotopic (exact) mass is 478 g/mol. The summed E-state index contributed by atoms with van der Waals surface area (Å²) in [6.07, 6.45) is 2.68. The molecule has 35 heavy (non-hydrogen) atoms. The molecular formula is C28H34N2O5. The largest absolute Gasteiger partial charge is 0.481 e. The van der Waals surface area contributed by atoms with Crippen LogP contribution in [0.5, 0.6) is 0 Å². The van der Waals surface area contributed by atoms with E-state index in [0.29, 0.717) is 19.3 Å². The van der Waals surface area contributed by atoms with E-state index >= 15 is 0 Å². The molecule has 0 aliphatic heterocycles. The Balaban J connectivity index is 1.40. The summed E-state index contributed by atoms with van der Waals surface area (Å²) in [7, 11) is 0. The van der Waals surface area contributed by atoms with Gasteiger partial charge in [-0.05, 0) is 47.4 Å². The van der Waals surface area contributed by atoms with Crippen LogP contribution < -0.4 is 10.6 Å². The summed E-state index contributed by atoms with van der Waals surface area (Å²) in [4.78, 5) is 37.5. The highest BCUT2D eigenvalue weighted by Crippen LogP contribution is 2.44. The molecule has 0 spiro atoms. The van der Waals surface area contributed by atoms with Crippen molar-refractivity contribution in [2.24, 2.45) is 11.8 Å². The first-order chi connectivity index (χ1) is 16.8. The number of hydrogen-bond acceptors (Lipinski definition) is 4. The lowest BCUT2D eigenvalue weighted by Gasteiger charge is -2.31. The summed E-state index contributed by atoms with van der Waals surface area (Å²) in [5, 5.41) is 15.2. The maximum Gasteiger partial charge on any atom is 0.407 e. The fraction of sp³-hybridized carbons (Fsp3) is 0.464. The number of carboxylic acids is 1. The van der Waals surface area contributed by atoms with Crippen molar-refractivity contribution in [1.29, 1.82) is 0 Å². The van der Waals surface area contributed by atoms with Crippen molar-refractivity contribution in [3.63, 3.8) is 0 Å². The van der Waals surface area contributed by atoms with E-state index in [1.807, 2.05) is 38.1 Å². The van der Waals surface area contributed by atoms with Crippen LogP contribution in [0.15, 0.2) is 48.5 Å². The third-order valence-corrected chi connectivity index (χ3v) is 7.07. The van der Waals surface area contributed by atoms with Crippen LogP contribution in [0.25, 0.3) is 11.1 Å². The number of aliphatic carboxylic acids is 1. The zero-order valence-corrected chi connectivity index (χ0v) is 20.3. The van der Waals surface area contributed by atoms with Gasteiger partial charge in [0.15, 0.2) is 0 Å². The molecular weight excluding hydrogens is 444 g/mol. The molecule has 2 aromatic rings. The second-order valence-corrected chi connectivity index (χ2v) is 10.00. The Morgan fingerprint density at radius 2 is 1.57 bits per heavy atom. The molecule has 186 valence electrons. The van der Waals surface area contributed by atoms with Gasteiger partial charge in [-0.3, -0.25) is 9.59 Å². The molecule has 3 N–H and O–H groups in total. The summed E-state index contributed by atoms with van der Waals surface area (Å²) in [5.41, 5.74) is 4.54. The third kappa shape index (κ3) is 5.66. The van der Waals surface area contributed by atoms with Crippen LogP contribution in [0.2, 0.25) is 0 Å². The molecule has 0 heterocycles. The van der Waals surface area contributed by atoms with E-state index in [2.05, 4.69) is 34.9 Å². The molecule has 0 aromatic heterocycles. The molecule has 0 radical (unpaired) electrons. The number of benzene rings is 2. The summed E-state index contributed by atoms with van der Waals surface area (Å²) >= 11 is 0. The first-order valence-electron chi connectivity index (χ1n) is 12.5. The summed E-state index contributed by atoms with van der Waals surface area (Å²) in [5.74, 6) is -1.75. The maximum absolute atomic E-state index is 13.1. The average Bonchev–Trinajstić information content (AvgIpc) is 3.16. The van der Waals surface area contributed by atoms with Gasteiger partial charge < -0.3 is 20.5 Å². The van der Waals surface area contributed by atoms with Gasteiger partial charge in [0, 0.05) is 12.0 Å². The fourth-order valence-corrected chi connectivity index (χ4v) is 5.37. The molecule has 0 bridgehead atoms. The molecule has 1 unspecified atom stereocenters. The van der Waals surface area contributed by atoms with Crippen molar-refractivity contribution in [2.75, 3.05) is 6.61 Å². The Morgan fingerprint density at radius 1 is 0.971 bits per heavy atom. The SMILES string of the molecule is CC(C)CC(NC(=O)OCC1c2ccccc2-c2ccccc21)C(=O)N[C@@H]1CCCC[C@@H]1C(=O)O. The predicted molar refractivity (Wildman–Crippen MR) is 133 cm³/mol. The summed E-state index contributed by atoms with van der Waals surface area (Å²) in [6.45, 7) is 4.11. The Morgan fingerprint density at radius 3 is 2.17 bits per heavy atom. The van der Waals surface area contributed by atoms with Crippen molar-refractivity contribution >= 4 is 18.0 Å². The number of ether oxygens (including phenoxy) is 1. The van der Waals surface area contributed by atoms with Crippen molar-refractivity contribution < 1.29 is 24.2 Å². The molecule has 1 saturated carbocycles. The Kier molecular flexibility index (Phi) is 7.73. The first kappa shape index (κ1) is 24.8. The highest BCUT2D eigenvalue weighted by molar-refractivity contribution is 5.86. The van der Waals surface area contributed by atoms with Crippen molar-refractivity contribution in [3.05, 3.63) is 59.7 Å². The molecule has 7 nitrogen and oxygen atoms in total. The minimum Gasteiger partial charge on any atom is -0.481 e. The molecule has 2 aromatic carbocycles. The van der Waals surface area contributed by atoms with Crippen LogP contribution in [0.3, 0.4) is 0 Å². The highest BCUT2D eigenvalue weighted by Gasteiger charge is 2.34. The van der Waals surface area contributed by atoms with E-state index in [4.69, 9.17) is 4.74 Å². The topological polar surface area (TPSA) is 105 Å². The van der Waals surface area contributed by atoms with Crippen LogP contribution >= 0.6 is 0 Å². The maximum atomic E-state index is 13.1. The van der Waals surface area contributed by atoms with E-state index in [1.54, 1.807) is 0 Å². The van der Waals surface area contributed by atoms with Crippen LogP contribution in [-0.4, -0.2) is 41.8 Å². The number of rotatable bonds is 8. The van der Waals surface area contributed by atoms with Crippen molar-refractivity contribution in [2.45, 2.75) is 64.0 Å². The van der Waals surface area contributed by atoms with Gasteiger partial charge in [-0.25, -0.2) is 4.79 Å². The Hall–Kier alpha value is -3.35. The van der Waals surface area contributed by atoms with Gasteiger partial charge >= 0.3 is 12.1 Å². The number of carbonyl (C=O) groups excluding carboxylic acids is 2. The Labute approximate surface area is 206 Å². The standard InChI is InChI=1S/C28H34N2O5/c1-17(2)15-25(26(31)29-24-14-8-7-13-22(24)27(32)33)30-28(34)35-16-23-20-11-5-3-9-18(20)19-10-4-6-12-21(19)23/h3-6,9-12,17,22-25H,7-8,13-16H2,1-2H3,(H,29,31)(H,30,34)(H,32,33)/t22-,24+,25?/m0/s1. The van der Waals surface area contributed by atoms with Crippen LogP contribution in [-0.2, 0) is 14.3 Å². The molecule has 0 saturated heterocycles. The number of hydrogen-bond donors (Lipinski definition) is 3. The van der Waals surface area contributed by atoms with Gasteiger partial charge in [-0.1, -0.05) is 75.2 Å². The van der Waals surface area contributed by atoms with Gasteiger partial charge in [0.25, 0.3) is 0 Å². The van der Waals surface area contributed by atoms with E-state index in [0.717, 1.165) is 35.1 Å². The molecule has 4 rings (SSSR count). The summed E-state index contributed by atoms with van der Waals surface area (Å²) < 4.78 is 5.63. The molecule has 2 aliphatic rings. The molecule has 2 aliphatic carbocycles. The smallest absolute Gasteiger partial charge is 0.407 e. The van der Waals surface area contributed by atoms with E-state index in [-0.39, 0.29) is 24.3 Å². The van der Waals surface area contributed by atoms with E-state index < -0.39 is 30.1 Å². The molecule has 7 heteroatoms. The van der Waals surface area contributed by atoms with Crippen molar-refractivity contribution in [3.8, 4) is 11.1 Å². The second kappa shape index (κ2) is 10.9. The number of carboxylic acid groups (broad SMARTS) is 1. The van der Waals surface area contributed by atoms with Gasteiger partial charge in [0.1, 0.15) is 12.6 Å². The molecule has 1 fully saturated rings. The molecule has 3 atom stereocenters. The fourth-order valence-electron chi connectivity index (χ4n) is 5.37. The van der Waals surface area contributed by atoms with Crippen LogP contribution in [0, 0.1) is 11.8 Å². The van der Waals surface area contributed by atoms with Gasteiger partial charge in [-0.2, -0.15) is 0 Å². The average molecular weight is 479 g/mol. The minimum absolute atomic E-state index is 0.0657. The van der Waals surface area contributed by atoms with E-state index in [9.17, 15) is 19.5 Å². The Bertz CT molecular complexity index is 1040. The lowest BCUT2D eigenvalue weighted by molar-refractivity contribution is -0.144. The zero-order chi connectivity index (χ0) is 24.9. The normalized spacial score (nSPS) is 20.0. The number of carbonyl (C=O) groups is 3. The molecule has 2 amide bonds. The van der Waals surface area contributed by atoms with Crippen LogP contribution in [0.1, 0.15) is 63.0 Å².